The fourth-order valence-electron chi connectivity index (χ4n) is 0.561. The smallest absolute Gasteiger partial charge is 0.150 e. The minimum atomic E-state index is 0.648. The monoisotopic (exact) mass is 239 g/mol. The van der Waals surface area contributed by atoms with Crippen molar-refractivity contribution < 1.29 is 0 Å². The van der Waals surface area contributed by atoms with Gasteiger partial charge in [-0.25, -0.2) is 4.98 Å². The van der Waals surface area contributed by atoms with E-state index < -0.39 is 0 Å². The maximum Gasteiger partial charge on any atom is 0.150 e. The van der Waals surface area contributed by atoms with Crippen molar-refractivity contribution in [3.8, 4) is 0 Å². The van der Waals surface area contributed by atoms with Gasteiger partial charge in [-0.3, -0.25) is 0 Å². The predicted octanol–water partition coefficient (Wildman–Crippen LogP) is 3.86. The van der Waals surface area contributed by atoms with Crippen molar-refractivity contribution in [3.63, 3.8) is 0 Å². The Hall–Kier alpha value is 0.300. The minimum absolute atomic E-state index is 0.648. The second kappa shape index (κ2) is 5.12. The highest BCUT2D eigenvalue weighted by Crippen LogP contribution is 2.25. The lowest BCUT2D eigenvalue weighted by Gasteiger charge is -1.93. The third-order valence-electron chi connectivity index (χ3n) is 1.05. The molecule has 0 bridgehead atoms. The zero-order valence-electron chi connectivity index (χ0n) is 6.38. The van der Waals surface area contributed by atoms with E-state index in [0.717, 1.165) is 10.0 Å². The molecule has 1 aromatic rings. The van der Waals surface area contributed by atoms with Crippen LogP contribution in [-0.4, -0.2) is 10.7 Å². The van der Waals surface area contributed by atoms with Crippen LogP contribution in [0, 0.1) is 6.92 Å². The van der Waals surface area contributed by atoms with Crippen molar-refractivity contribution in [2.75, 3.05) is 5.75 Å². The standard InChI is InChI=1S/C7H7Cl2NS2/c1-5-3-11-7(10-5)12-4-6(9)2-8/h2-3H,4H2,1H3/b6-2-. The van der Waals surface area contributed by atoms with Crippen LogP contribution in [0.1, 0.15) is 5.69 Å². The molecular weight excluding hydrogens is 233 g/mol. The Morgan fingerprint density at radius 3 is 3.08 bits per heavy atom. The second-order valence-electron chi connectivity index (χ2n) is 2.10. The fourth-order valence-corrected chi connectivity index (χ4v) is 2.56. The molecule has 0 unspecified atom stereocenters. The molecule has 0 amide bonds. The number of thioether (sulfide) groups is 1. The number of nitrogens with zero attached hydrogens (tertiary/aromatic N) is 1. The summed E-state index contributed by atoms with van der Waals surface area (Å²) in [4.78, 5) is 4.27. The van der Waals surface area contributed by atoms with Gasteiger partial charge in [-0.15, -0.1) is 11.3 Å². The van der Waals surface area contributed by atoms with Crippen molar-refractivity contribution in [1.82, 2.24) is 4.98 Å². The Bertz CT molecular complexity index is 283. The third-order valence-corrected chi connectivity index (χ3v) is 4.01. The molecule has 1 nitrogen and oxygen atoms in total. The summed E-state index contributed by atoms with van der Waals surface area (Å²) in [6.07, 6.45) is 0. The summed E-state index contributed by atoms with van der Waals surface area (Å²) >= 11 is 14.3. The van der Waals surface area contributed by atoms with Crippen molar-refractivity contribution in [2.24, 2.45) is 0 Å². The number of hydrogen-bond acceptors (Lipinski definition) is 3. The highest BCUT2D eigenvalue weighted by Gasteiger charge is 1.99. The first kappa shape index (κ1) is 10.4. The molecule has 1 aromatic heterocycles. The minimum Gasteiger partial charge on any atom is -0.235 e. The van der Waals surface area contributed by atoms with Gasteiger partial charge in [0.1, 0.15) is 4.34 Å². The van der Waals surface area contributed by atoms with Gasteiger partial charge in [-0.2, -0.15) is 0 Å². The molecule has 0 radical (unpaired) electrons. The van der Waals surface area contributed by atoms with Gasteiger partial charge in [0.15, 0.2) is 0 Å². The van der Waals surface area contributed by atoms with Gasteiger partial charge >= 0.3 is 0 Å². The molecule has 0 saturated heterocycles. The molecule has 0 aliphatic heterocycles. The topological polar surface area (TPSA) is 12.9 Å². The molecule has 1 heterocycles. The van der Waals surface area contributed by atoms with Crippen molar-refractivity contribution in [1.29, 1.82) is 0 Å². The Morgan fingerprint density at radius 2 is 2.58 bits per heavy atom. The predicted molar refractivity (Wildman–Crippen MR) is 57.4 cm³/mol. The summed E-state index contributed by atoms with van der Waals surface area (Å²) in [5, 5.41) is 2.66. The van der Waals surface area contributed by atoms with Crippen LogP contribution in [0.4, 0.5) is 0 Å². The highest BCUT2D eigenvalue weighted by molar-refractivity contribution is 8.01. The van der Waals surface area contributed by atoms with Crippen molar-refractivity contribution in [2.45, 2.75) is 11.3 Å². The molecule has 0 N–H and O–H groups in total. The molecule has 5 heteroatoms. The van der Waals surface area contributed by atoms with Crippen LogP contribution in [0.25, 0.3) is 0 Å². The molecule has 0 aliphatic rings. The van der Waals surface area contributed by atoms with Gasteiger partial charge in [0.05, 0.1) is 0 Å². The number of aryl methyl sites for hydroxylation is 1. The van der Waals surface area contributed by atoms with Crippen LogP contribution in [0.15, 0.2) is 20.3 Å². The van der Waals surface area contributed by atoms with Crippen molar-refractivity contribution >= 4 is 46.3 Å². The molecule has 12 heavy (non-hydrogen) atoms. The summed E-state index contributed by atoms with van der Waals surface area (Å²) in [6.45, 7) is 1.97. The van der Waals surface area contributed by atoms with Gasteiger partial charge in [0.25, 0.3) is 0 Å². The average Bonchev–Trinajstić information content (AvgIpc) is 2.47. The van der Waals surface area contributed by atoms with Crippen molar-refractivity contribution in [3.05, 3.63) is 21.6 Å². The summed E-state index contributed by atoms with van der Waals surface area (Å²) in [6, 6.07) is 0. The van der Waals surface area contributed by atoms with E-state index in [1.165, 1.54) is 5.54 Å². The normalized spacial score (nSPS) is 12.1. The fraction of sp³-hybridized carbons (Fsp3) is 0.286. The Labute approximate surface area is 89.8 Å². The summed E-state index contributed by atoms with van der Waals surface area (Å²) in [5.41, 5.74) is 2.43. The zero-order chi connectivity index (χ0) is 8.97. The third kappa shape index (κ3) is 3.35. The molecule has 66 valence electrons. The quantitative estimate of drug-likeness (QED) is 0.744. The van der Waals surface area contributed by atoms with Gasteiger partial charge < -0.3 is 0 Å². The maximum absolute atomic E-state index is 5.71. The van der Waals surface area contributed by atoms with Crippen LogP contribution >= 0.6 is 46.3 Å². The Balaban J connectivity index is 2.43. The molecule has 0 atom stereocenters. The number of rotatable bonds is 3. The second-order valence-corrected chi connectivity index (χ2v) is 4.88. The van der Waals surface area contributed by atoms with E-state index in [1.54, 1.807) is 23.1 Å². The molecular formula is C7H7Cl2NS2. The molecule has 0 fully saturated rings. The largest absolute Gasteiger partial charge is 0.235 e. The summed E-state index contributed by atoms with van der Waals surface area (Å²) < 4.78 is 1.03. The molecule has 0 aromatic carbocycles. The van der Waals surface area contributed by atoms with Crippen LogP contribution in [0.2, 0.25) is 0 Å². The van der Waals surface area contributed by atoms with Gasteiger partial charge in [0.2, 0.25) is 0 Å². The van der Waals surface area contributed by atoms with Gasteiger partial charge in [0, 0.05) is 27.4 Å². The van der Waals surface area contributed by atoms with E-state index >= 15 is 0 Å². The first-order valence-electron chi connectivity index (χ1n) is 3.22. The molecule has 0 aliphatic carbocycles. The van der Waals surface area contributed by atoms with E-state index in [-0.39, 0.29) is 0 Å². The van der Waals surface area contributed by atoms with Crippen LogP contribution in [-0.2, 0) is 0 Å². The first-order valence-corrected chi connectivity index (χ1v) is 5.90. The summed E-state index contributed by atoms with van der Waals surface area (Å²) in [7, 11) is 0. The number of hydrogen-bond donors (Lipinski definition) is 0. The maximum atomic E-state index is 5.71. The van der Waals surface area contributed by atoms with E-state index in [1.807, 2.05) is 12.3 Å². The summed E-state index contributed by atoms with van der Waals surface area (Å²) in [5.74, 6) is 0.692. The number of halogens is 2. The average molecular weight is 240 g/mol. The lowest BCUT2D eigenvalue weighted by atomic mass is 10.6. The Kier molecular flexibility index (Phi) is 4.43. The SMILES string of the molecule is Cc1csc(SC/C(Cl)=C/Cl)n1. The zero-order valence-corrected chi connectivity index (χ0v) is 9.53. The number of thiazole rings is 1. The van der Waals surface area contributed by atoms with Crippen LogP contribution in [0.3, 0.4) is 0 Å². The lowest BCUT2D eigenvalue weighted by Crippen LogP contribution is -1.77. The van der Waals surface area contributed by atoms with Crippen LogP contribution in [0.5, 0.6) is 0 Å². The first-order chi connectivity index (χ1) is 5.72. The van der Waals surface area contributed by atoms with Gasteiger partial charge in [-0.05, 0) is 6.92 Å². The molecule has 0 saturated carbocycles. The van der Waals surface area contributed by atoms with E-state index in [9.17, 15) is 0 Å². The molecule has 1 rings (SSSR count). The van der Waals surface area contributed by atoms with Crippen LogP contribution < -0.4 is 0 Å². The molecule has 0 spiro atoms. The Morgan fingerprint density at radius 1 is 1.83 bits per heavy atom. The van der Waals surface area contributed by atoms with Gasteiger partial charge in [-0.1, -0.05) is 35.0 Å². The number of aromatic nitrogens is 1. The lowest BCUT2D eigenvalue weighted by molar-refractivity contribution is 1.16. The van der Waals surface area contributed by atoms with E-state index in [0.29, 0.717) is 10.8 Å². The highest BCUT2D eigenvalue weighted by atomic mass is 35.5. The van der Waals surface area contributed by atoms with E-state index in [4.69, 9.17) is 23.2 Å². The van der Waals surface area contributed by atoms with E-state index in [2.05, 4.69) is 4.98 Å².